The number of hydrogen-bond acceptors (Lipinski definition) is 8. The fourth-order valence-corrected chi connectivity index (χ4v) is 3.74. The van der Waals surface area contributed by atoms with E-state index in [1.807, 2.05) is 21.5 Å². The molecule has 0 aliphatic rings. The highest BCUT2D eigenvalue weighted by Gasteiger charge is 2.21. The highest BCUT2D eigenvalue weighted by molar-refractivity contribution is 5.07. The van der Waals surface area contributed by atoms with Gasteiger partial charge >= 0.3 is 11.9 Å². The maximum Gasteiger partial charge on any atom is 0.434 e. The van der Waals surface area contributed by atoms with Gasteiger partial charge in [0.2, 0.25) is 19.3 Å². The summed E-state index contributed by atoms with van der Waals surface area (Å²) in [6.45, 7) is 1.01. The number of rotatable bonds is 12. The van der Waals surface area contributed by atoms with Crippen molar-refractivity contribution in [1.82, 2.24) is 28.2 Å². The van der Waals surface area contributed by atoms with E-state index in [9.17, 15) is 30.4 Å². The lowest BCUT2D eigenvalue weighted by Crippen LogP contribution is -2.49. The molecule has 0 aromatic carbocycles. The number of aromatic nitrogens is 8. The van der Waals surface area contributed by atoms with Crippen molar-refractivity contribution in [2.24, 2.45) is 0 Å². The summed E-state index contributed by atoms with van der Waals surface area (Å²) in [7, 11) is 0. The van der Waals surface area contributed by atoms with Crippen LogP contribution in [0.2, 0.25) is 0 Å². The minimum atomic E-state index is -0.856. The summed E-state index contributed by atoms with van der Waals surface area (Å²) in [5.41, 5.74) is 0. The van der Waals surface area contributed by atoms with Crippen molar-refractivity contribution in [1.29, 1.82) is 0 Å². The zero-order valence-corrected chi connectivity index (χ0v) is 18.5. The molecule has 0 aliphatic heterocycles. The Morgan fingerprint density at radius 2 is 1.20 bits per heavy atom. The van der Waals surface area contributed by atoms with E-state index in [1.54, 1.807) is 34.2 Å². The van der Waals surface area contributed by atoms with E-state index >= 15 is 0 Å². The Kier molecular flexibility index (Phi) is 6.93. The van der Waals surface area contributed by atoms with Crippen molar-refractivity contribution in [3.63, 3.8) is 0 Å². The minimum absolute atomic E-state index is 0.0383. The molecule has 2 atom stereocenters. The van der Waals surface area contributed by atoms with Crippen LogP contribution >= 0.6 is 0 Å². The van der Waals surface area contributed by atoms with E-state index in [4.69, 9.17) is 0 Å². The van der Waals surface area contributed by atoms with Crippen LogP contribution in [-0.4, -0.2) is 60.5 Å². The van der Waals surface area contributed by atoms with Crippen molar-refractivity contribution < 1.29 is 29.2 Å². The summed E-state index contributed by atoms with van der Waals surface area (Å²) in [6.07, 6.45) is 14.6. The van der Waals surface area contributed by atoms with Gasteiger partial charge in [-0.3, -0.25) is 0 Å². The Balaban J connectivity index is 1.29. The molecule has 16 nitrogen and oxygen atoms in total. The molecule has 0 aliphatic carbocycles. The standard InChI is InChI=1S/C19H24N10O6/c30-16(11-26-3-1-20-18(26)28(32)33)9-22-5-7-24(13-22)15-25-8-6-23(14-25)10-17(31)12-27-4-2-21-19(27)29(34)35/h1-8,13-14,16-17,30-31H,9-12,15H2/q+2. The highest BCUT2D eigenvalue weighted by Crippen LogP contribution is 2.10. The van der Waals surface area contributed by atoms with Crippen LogP contribution in [0, 0.1) is 20.2 Å². The molecule has 4 aromatic rings. The fourth-order valence-electron chi connectivity index (χ4n) is 3.74. The number of hydrogen-bond donors (Lipinski definition) is 2. The van der Waals surface area contributed by atoms with Gasteiger partial charge in [0.1, 0.15) is 88.0 Å². The molecule has 2 unspecified atom stereocenters. The van der Waals surface area contributed by atoms with Gasteiger partial charge in [-0.25, -0.2) is 18.3 Å². The van der Waals surface area contributed by atoms with Crippen LogP contribution in [0.5, 0.6) is 0 Å². The molecule has 35 heavy (non-hydrogen) atoms. The zero-order chi connectivity index (χ0) is 24.9. The Bertz CT molecular complexity index is 1210. The van der Waals surface area contributed by atoms with E-state index in [0.717, 1.165) is 0 Å². The van der Waals surface area contributed by atoms with Crippen LogP contribution in [0.4, 0.5) is 11.9 Å². The van der Waals surface area contributed by atoms with E-state index in [1.165, 1.54) is 33.9 Å². The normalized spacial score (nSPS) is 13.1. The molecular formula is C19H24N10O6+2. The van der Waals surface area contributed by atoms with Crippen LogP contribution in [0.15, 0.2) is 62.2 Å². The Hall–Kier alpha value is -4.44. The molecule has 0 bridgehead atoms. The van der Waals surface area contributed by atoms with Gasteiger partial charge in [-0.05, 0) is 9.85 Å². The van der Waals surface area contributed by atoms with Gasteiger partial charge in [-0.1, -0.05) is 9.97 Å². The van der Waals surface area contributed by atoms with Gasteiger partial charge < -0.3 is 30.4 Å². The maximum atomic E-state index is 11.0. The molecule has 4 rings (SSSR count). The molecule has 0 radical (unpaired) electrons. The molecule has 184 valence electrons. The quantitative estimate of drug-likeness (QED) is 0.140. The molecule has 0 amide bonds. The zero-order valence-electron chi connectivity index (χ0n) is 18.5. The monoisotopic (exact) mass is 488 g/mol. The summed E-state index contributed by atoms with van der Waals surface area (Å²) in [5.74, 6) is -0.637. The molecule has 0 spiro atoms. The molecule has 2 N–H and O–H groups in total. The summed E-state index contributed by atoms with van der Waals surface area (Å²) in [4.78, 5) is 28.0. The van der Waals surface area contributed by atoms with E-state index in [-0.39, 0.29) is 38.1 Å². The van der Waals surface area contributed by atoms with Crippen LogP contribution in [-0.2, 0) is 32.8 Å². The second-order valence-corrected chi connectivity index (χ2v) is 7.97. The van der Waals surface area contributed by atoms with Gasteiger partial charge in [0, 0.05) is 0 Å². The molecule has 0 saturated heterocycles. The number of aliphatic hydroxyl groups excluding tert-OH is 2. The first-order valence-corrected chi connectivity index (χ1v) is 10.6. The Labute approximate surface area is 197 Å². The summed E-state index contributed by atoms with van der Waals surface area (Å²) >= 11 is 0. The minimum Gasteiger partial charge on any atom is -0.390 e. The van der Waals surface area contributed by atoms with Gasteiger partial charge in [-0.15, -0.1) is 0 Å². The fraction of sp³-hybridized carbons (Fsp3) is 0.368. The van der Waals surface area contributed by atoms with E-state index in [2.05, 4.69) is 9.97 Å². The summed E-state index contributed by atoms with van der Waals surface area (Å²) in [6, 6.07) is 0. The van der Waals surface area contributed by atoms with Gasteiger partial charge in [-0.2, -0.15) is 9.13 Å². The SMILES string of the molecule is O=[N+]([O-])c1nccn1CC(O)Cn1cc[n+](C[n+]2ccn(CC(O)Cn3ccnc3[N+](=O)[O-])c2)c1. The maximum absolute atomic E-state index is 11.0. The van der Waals surface area contributed by atoms with Crippen molar-refractivity contribution in [3.05, 3.63) is 82.5 Å². The van der Waals surface area contributed by atoms with E-state index < -0.39 is 22.1 Å². The number of aliphatic hydroxyl groups is 2. The first-order valence-electron chi connectivity index (χ1n) is 10.6. The van der Waals surface area contributed by atoms with Crippen LogP contribution in [0.1, 0.15) is 0 Å². The molecule has 0 fully saturated rings. The largest absolute Gasteiger partial charge is 0.434 e. The second-order valence-electron chi connectivity index (χ2n) is 7.97. The molecule has 4 heterocycles. The van der Waals surface area contributed by atoms with Gasteiger partial charge in [0.15, 0.2) is 0 Å². The molecule has 4 aromatic heterocycles. The number of nitrogens with zero attached hydrogens (tertiary/aromatic N) is 10. The molecule has 16 heteroatoms. The van der Waals surface area contributed by atoms with Crippen molar-refractivity contribution in [2.75, 3.05) is 0 Å². The first kappa shape index (κ1) is 23.7. The lowest BCUT2D eigenvalue weighted by Gasteiger charge is -2.07. The predicted octanol–water partition coefficient (Wildman–Crippen LogP) is -1.30. The third kappa shape index (κ3) is 5.92. The topological polar surface area (TPSA) is 180 Å². The lowest BCUT2D eigenvalue weighted by molar-refractivity contribution is -0.912. The van der Waals surface area contributed by atoms with Crippen molar-refractivity contribution in [2.45, 2.75) is 45.1 Å². The second kappa shape index (κ2) is 10.2. The third-order valence-electron chi connectivity index (χ3n) is 5.19. The summed E-state index contributed by atoms with van der Waals surface area (Å²) in [5, 5.41) is 42.6. The smallest absolute Gasteiger partial charge is 0.390 e. The van der Waals surface area contributed by atoms with Crippen LogP contribution in [0.25, 0.3) is 0 Å². The van der Waals surface area contributed by atoms with Crippen LogP contribution in [0.3, 0.4) is 0 Å². The van der Waals surface area contributed by atoms with Crippen LogP contribution < -0.4 is 9.13 Å². The predicted molar refractivity (Wildman–Crippen MR) is 114 cm³/mol. The third-order valence-corrected chi connectivity index (χ3v) is 5.19. The average molecular weight is 488 g/mol. The molecular weight excluding hydrogens is 464 g/mol. The Morgan fingerprint density at radius 3 is 1.60 bits per heavy atom. The average Bonchev–Trinajstić information content (AvgIpc) is 3.57. The first-order chi connectivity index (χ1) is 16.8. The van der Waals surface area contributed by atoms with Crippen molar-refractivity contribution >= 4 is 11.9 Å². The lowest BCUT2D eigenvalue weighted by atomic mass is 10.3. The Morgan fingerprint density at radius 1 is 0.771 bits per heavy atom. The number of imidazole rings is 4. The van der Waals surface area contributed by atoms with Gasteiger partial charge in [0.05, 0.1) is 0 Å². The van der Waals surface area contributed by atoms with Gasteiger partial charge in [0.25, 0.3) is 0 Å². The molecule has 0 saturated carbocycles. The van der Waals surface area contributed by atoms with E-state index in [0.29, 0.717) is 6.67 Å². The summed E-state index contributed by atoms with van der Waals surface area (Å²) < 4.78 is 9.88. The number of nitro groups is 2. The highest BCUT2D eigenvalue weighted by atomic mass is 16.6. The van der Waals surface area contributed by atoms with Crippen molar-refractivity contribution in [3.8, 4) is 0 Å².